The number of hydrogen-bond donors (Lipinski definition) is 0. The van der Waals surface area contributed by atoms with Crippen molar-refractivity contribution in [3.63, 3.8) is 0 Å². The lowest BCUT2D eigenvalue weighted by Gasteiger charge is -2.35. The van der Waals surface area contributed by atoms with Crippen LogP contribution in [0.1, 0.15) is 130 Å². The SMILES string of the molecule is c1ccc(C2(c3ccc(N(c4ccc(C5CCCCC5)cc4)c4ccc(C5CC6CCC5C6)cc4)cc3)CCCCCC2)cc1. The molecule has 4 fully saturated rings. The molecule has 0 saturated heterocycles. The van der Waals surface area contributed by atoms with Crippen molar-refractivity contribution in [2.75, 3.05) is 4.90 Å². The van der Waals surface area contributed by atoms with Crippen LogP contribution in [-0.2, 0) is 5.41 Å². The third-order valence-electron chi connectivity index (χ3n) is 12.5. The van der Waals surface area contributed by atoms with Gasteiger partial charge in [-0.3, -0.25) is 0 Å². The second-order valence-corrected chi connectivity index (χ2v) is 15.0. The summed E-state index contributed by atoms with van der Waals surface area (Å²) in [6.45, 7) is 0. The number of benzene rings is 4. The van der Waals surface area contributed by atoms with Gasteiger partial charge in [0.15, 0.2) is 0 Å². The van der Waals surface area contributed by atoms with Crippen molar-refractivity contribution in [1.29, 1.82) is 0 Å². The smallest absolute Gasteiger partial charge is 0.0461 e. The molecule has 4 saturated carbocycles. The summed E-state index contributed by atoms with van der Waals surface area (Å²) in [6.07, 6.45) is 20.4. The Morgan fingerprint density at radius 2 is 1.02 bits per heavy atom. The molecule has 0 radical (unpaired) electrons. The number of hydrogen-bond acceptors (Lipinski definition) is 1. The first-order chi connectivity index (χ1) is 22.3. The van der Waals surface area contributed by atoms with Crippen molar-refractivity contribution in [2.24, 2.45) is 11.8 Å². The Hall–Kier alpha value is -3.32. The van der Waals surface area contributed by atoms with Gasteiger partial charge < -0.3 is 4.90 Å². The molecular weight excluding hydrogens is 542 g/mol. The van der Waals surface area contributed by atoms with Crippen molar-refractivity contribution >= 4 is 17.1 Å². The van der Waals surface area contributed by atoms with Crippen LogP contribution in [0.4, 0.5) is 17.1 Å². The molecule has 0 aliphatic heterocycles. The highest BCUT2D eigenvalue weighted by Crippen LogP contribution is 2.53. The zero-order valence-corrected chi connectivity index (χ0v) is 27.2. The maximum Gasteiger partial charge on any atom is 0.0461 e. The van der Waals surface area contributed by atoms with Crippen LogP contribution in [-0.4, -0.2) is 0 Å². The first kappa shape index (κ1) is 29.1. The lowest BCUT2D eigenvalue weighted by molar-refractivity contribution is 0.420. The van der Waals surface area contributed by atoms with E-state index < -0.39 is 0 Å². The summed E-state index contributed by atoms with van der Waals surface area (Å²) in [5, 5.41) is 0. The molecule has 1 heteroatoms. The Morgan fingerprint density at radius 1 is 0.467 bits per heavy atom. The van der Waals surface area contributed by atoms with E-state index in [2.05, 4.69) is 108 Å². The van der Waals surface area contributed by atoms with E-state index in [1.165, 1.54) is 130 Å². The molecule has 0 amide bonds. The van der Waals surface area contributed by atoms with Crippen LogP contribution in [0, 0.1) is 11.8 Å². The lowest BCUT2D eigenvalue weighted by Crippen LogP contribution is -2.27. The van der Waals surface area contributed by atoms with Crippen molar-refractivity contribution in [3.8, 4) is 0 Å². The Balaban J connectivity index is 1.14. The predicted molar refractivity (Wildman–Crippen MR) is 190 cm³/mol. The minimum Gasteiger partial charge on any atom is -0.311 e. The maximum atomic E-state index is 2.50. The Morgan fingerprint density at radius 3 is 1.60 bits per heavy atom. The molecule has 3 atom stereocenters. The van der Waals surface area contributed by atoms with E-state index in [0.29, 0.717) is 0 Å². The fourth-order valence-electron chi connectivity index (χ4n) is 10.1. The molecule has 0 aromatic heterocycles. The zero-order chi connectivity index (χ0) is 30.1. The third-order valence-corrected chi connectivity index (χ3v) is 12.5. The van der Waals surface area contributed by atoms with Crippen LogP contribution >= 0.6 is 0 Å². The van der Waals surface area contributed by atoms with Gasteiger partial charge in [-0.15, -0.1) is 0 Å². The molecule has 3 unspecified atom stereocenters. The van der Waals surface area contributed by atoms with Gasteiger partial charge in [-0.1, -0.05) is 118 Å². The van der Waals surface area contributed by atoms with Crippen molar-refractivity contribution < 1.29 is 0 Å². The van der Waals surface area contributed by atoms with Crippen LogP contribution in [0.3, 0.4) is 0 Å². The first-order valence-electron chi connectivity index (χ1n) is 18.4. The van der Waals surface area contributed by atoms with E-state index in [4.69, 9.17) is 0 Å². The van der Waals surface area contributed by atoms with E-state index in [1.54, 1.807) is 5.56 Å². The molecular formula is C44H51N. The Kier molecular flexibility index (Phi) is 8.29. The minimum absolute atomic E-state index is 0.116. The number of fused-ring (bicyclic) bond motifs is 2. The maximum absolute atomic E-state index is 2.50. The zero-order valence-electron chi connectivity index (χ0n) is 27.2. The summed E-state index contributed by atoms with van der Waals surface area (Å²) in [6, 6.07) is 40.4. The van der Waals surface area contributed by atoms with Gasteiger partial charge in [0.2, 0.25) is 0 Å². The van der Waals surface area contributed by atoms with Crippen LogP contribution in [0.2, 0.25) is 0 Å². The molecule has 2 bridgehead atoms. The summed E-state index contributed by atoms with van der Waals surface area (Å²) in [5.41, 5.74) is 9.98. The van der Waals surface area contributed by atoms with Crippen molar-refractivity contribution in [3.05, 3.63) is 125 Å². The fraction of sp³-hybridized carbons (Fsp3) is 0.455. The third kappa shape index (κ3) is 5.77. The number of anilines is 3. The average Bonchev–Trinajstić information content (AvgIpc) is 3.67. The molecule has 1 nitrogen and oxygen atoms in total. The summed E-state index contributed by atoms with van der Waals surface area (Å²) in [5.74, 6) is 3.40. The van der Waals surface area contributed by atoms with Crippen molar-refractivity contribution in [2.45, 2.75) is 114 Å². The van der Waals surface area contributed by atoms with Crippen LogP contribution in [0.5, 0.6) is 0 Å². The highest BCUT2D eigenvalue weighted by Gasteiger charge is 2.40. The second-order valence-electron chi connectivity index (χ2n) is 15.0. The highest BCUT2D eigenvalue weighted by atomic mass is 15.1. The predicted octanol–water partition coefficient (Wildman–Crippen LogP) is 12.7. The Labute approximate surface area is 272 Å². The molecule has 0 spiro atoms. The molecule has 4 aliphatic carbocycles. The largest absolute Gasteiger partial charge is 0.311 e. The van der Waals surface area contributed by atoms with Crippen LogP contribution in [0.15, 0.2) is 103 Å². The molecule has 0 N–H and O–H groups in total. The number of rotatable bonds is 7. The lowest BCUT2D eigenvalue weighted by atomic mass is 9.69. The van der Waals surface area contributed by atoms with Gasteiger partial charge in [0.25, 0.3) is 0 Å². The quantitative estimate of drug-likeness (QED) is 0.193. The van der Waals surface area contributed by atoms with E-state index in [0.717, 1.165) is 23.7 Å². The normalized spacial score (nSPS) is 24.8. The molecule has 4 aromatic carbocycles. The second kappa shape index (κ2) is 12.8. The topological polar surface area (TPSA) is 3.24 Å². The molecule has 232 valence electrons. The molecule has 45 heavy (non-hydrogen) atoms. The molecule has 8 rings (SSSR count). The summed E-state index contributed by atoms with van der Waals surface area (Å²) in [4.78, 5) is 2.50. The molecule has 4 aromatic rings. The van der Waals surface area contributed by atoms with Gasteiger partial charge in [0, 0.05) is 22.5 Å². The van der Waals surface area contributed by atoms with Crippen molar-refractivity contribution in [1.82, 2.24) is 0 Å². The van der Waals surface area contributed by atoms with Crippen LogP contribution < -0.4 is 4.90 Å². The molecule has 4 aliphatic rings. The summed E-state index contributed by atoms with van der Waals surface area (Å²) >= 11 is 0. The fourth-order valence-corrected chi connectivity index (χ4v) is 10.1. The minimum atomic E-state index is 0.116. The van der Waals surface area contributed by atoms with Gasteiger partial charge in [-0.05, 0) is 127 Å². The first-order valence-corrected chi connectivity index (χ1v) is 18.4. The highest BCUT2D eigenvalue weighted by molar-refractivity contribution is 5.77. The average molecular weight is 594 g/mol. The monoisotopic (exact) mass is 593 g/mol. The van der Waals surface area contributed by atoms with Gasteiger partial charge in [-0.25, -0.2) is 0 Å². The van der Waals surface area contributed by atoms with Gasteiger partial charge in [0.1, 0.15) is 0 Å². The van der Waals surface area contributed by atoms with E-state index in [-0.39, 0.29) is 5.41 Å². The summed E-state index contributed by atoms with van der Waals surface area (Å²) in [7, 11) is 0. The summed E-state index contributed by atoms with van der Waals surface area (Å²) < 4.78 is 0. The van der Waals surface area contributed by atoms with E-state index >= 15 is 0 Å². The van der Waals surface area contributed by atoms with Gasteiger partial charge in [0.05, 0.1) is 0 Å². The van der Waals surface area contributed by atoms with Gasteiger partial charge in [-0.2, -0.15) is 0 Å². The van der Waals surface area contributed by atoms with E-state index in [9.17, 15) is 0 Å². The number of nitrogens with zero attached hydrogens (tertiary/aromatic N) is 1. The van der Waals surface area contributed by atoms with Crippen LogP contribution in [0.25, 0.3) is 0 Å². The van der Waals surface area contributed by atoms with E-state index in [1.807, 2.05) is 0 Å². The standard InChI is InChI=1S/C44H51N/c1-2-10-30-44(29-9-1,38-13-7-4-8-14-38)39-21-27-42(28-22-39)45(40-23-17-35(18-24-40)34-11-5-3-6-12-34)41-25-19-36(20-26-41)43-32-33-15-16-37(43)31-33/h4,7-8,13-14,17-28,33-34,37,43H,1-3,5-6,9-12,15-16,29-32H2. The molecule has 0 heterocycles. The Bertz CT molecular complexity index is 1520. The van der Waals surface area contributed by atoms with Gasteiger partial charge >= 0.3 is 0 Å².